The van der Waals surface area contributed by atoms with Crippen LogP contribution in [0.1, 0.15) is 12.6 Å². The van der Waals surface area contributed by atoms with Gasteiger partial charge in [0.1, 0.15) is 18.5 Å². The van der Waals surface area contributed by atoms with Crippen LogP contribution in [0, 0.1) is 5.82 Å². The van der Waals surface area contributed by atoms with Gasteiger partial charge in [0.25, 0.3) is 0 Å². The molecule has 1 aromatic rings. The van der Waals surface area contributed by atoms with Gasteiger partial charge in [-0.05, 0) is 0 Å². The molecule has 0 radical (unpaired) electrons. The maximum Gasteiger partial charge on any atom is 0.351 e. The normalized spacial score (nSPS) is 30.7. The van der Waals surface area contributed by atoms with Crippen molar-refractivity contribution in [3.63, 3.8) is 0 Å². The van der Waals surface area contributed by atoms with Crippen molar-refractivity contribution < 1.29 is 23.7 Å². The number of hydrogen-bond donors (Lipinski definition) is 3. The molecular formula is C10H13F2N3O4. The van der Waals surface area contributed by atoms with Crippen LogP contribution < -0.4 is 11.4 Å². The van der Waals surface area contributed by atoms with E-state index in [4.69, 9.17) is 15.6 Å². The van der Waals surface area contributed by atoms with E-state index < -0.39 is 48.5 Å². The Morgan fingerprint density at radius 3 is 2.89 bits per heavy atom. The molecule has 0 aromatic carbocycles. The van der Waals surface area contributed by atoms with Crippen molar-refractivity contribution in [1.29, 1.82) is 0 Å². The summed E-state index contributed by atoms with van der Waals surface area (Å²) in [6.45, 7) is -1.90. The van der Waals surface area contributed by atoms with Crippen molar-refractivity contribution >= 4 is 5.82 Å². The van der Waals surface area contributed by atoms with Crippen LogP contribution in [0.2, 0.25) is 0 Å². The van der Waals surface area contributed by atoms with Gasteiger partial charge in [-0.15, -0.1) is 0 Å². The molecule has 0 saturated carbocycles. The Kier molecular flexibility index (Phi) is 3.52. The molecule has 1 aliphatic rings. The summed E-state index contributed by atoms with van der Waals surface area (Å²) in [5.41, 5.74) is 2.44. The first-order chi connectivity index (χ1) is 8.93. The molecule has 2 rings (SSSR count). The number of nitrogen functional groups attached to an aromatic ring is 1. The smallest absolute Gasteiger partial charge is 0.351 e. The third kappa shape index (κ3) is 2.20. The lowest BCUT2D eigenvalue weighted by Crippen LogP contribution is -2.45. The zero-order valence-electron chi connectivity index (χ0n) is 9.79. The lowest BCUT2D eigenvalue weighted by atomic mass is 10.00. The average molecular weight is 277 g/mol. The van der Waals surface area contributed by atoms with Gasteiger partial charge in [-0.3, -0.25) is 4.57 Å². The number of aliphatic hydroxyl groups excluding tert-OH is 2. The first kappa shape index (κ1) is 13.8. The Labute approximate surface area is 106 Å². The van der Waals surface area contributed by atoms with Gasteiger partial charge >= 0.3 is 5.69 Å². The van der Waals surface area contributed by atoms with Crippen molar-refractivity contribution in [2.75, 3.05) is 19.0 Å². The Balaban J connectivity index is 2.36. The number of rotatable bonds is 3. The van der Waals surface area contributed by atoms with E-state index in [9.17, 15) is 18.7 Å². The van der Waals surface area contributed by atoms with Gasteiger partial charge in [0.05, 0.1) is 18.9 Å². The fourth-order valence-corrected chi connectivity index (χ4v) is 1.94. The maximum atomic E-state index is 13.3. The van der Waals surface area contributed by atoms with Crippen molar-refractivity contribution in [2.45, 2.75) is 24.4 Å². The van der Waals surface area contributed by atoms with Crippen LogP contribution in [-0.4, -0.2) is 44.8 Å². The number of anilines is 1. The molecule has 4 N–H and O–H groups in total. The van der Waals surface area contributed by atoms with E-state index in [0.717, 1.165) is 10.8 Å². The molecule has 0 spiro atoms. The van der Waals surface area contributed by atoms with E-state index in [1.165, 1.54) is 0 Å². The Morgan fingerprint density at radius 1 is 1.68 bits per heavy atom. The number of alkyl halides is 1. The largest absolute Gasteiger partial charge is 0.393 e. The molecule has 0 bridgehead atoms. The first-order valence-corrected chi connectivity index (χ1v) is 5.50. The summed E-state index contributed by atoms with van der Waals surface area (Å²) in [4.78, 5) is 14.8. The molecule has 19 heavy (non-hydrogen) atoms. The molecule has 1 fully saturated rings. The SMILES string of the molecule is Nc1nc(=O)n([C@H]2C[C@H](O)[C@](CO)(CF)O2)cc1F. The van der Waals surface area contributed by atoms with E-state index in [1.807, 2.05) is 0 Å². The number of hydrogen-bond acceptors (Lipinski definition) is 6. The third-order valence-electron chi connectivity index (χ3n) is 3.14. The minimum absolute atomic E-state index is 0.171. The Bertz CT molecular complexity index is 532. The molecule has 0 amide bonds. The van der Waals surface area contributed by atoms with Crippen LogP contribution in [0.25, 0.3) is 0 Å². The van der Waals surface area contributed by atoms with Crippen molar-refractivity contribution in [3.8, 4) is 0 Å². The fourth-order valence-electron chi connectivity index (χ4n) is 1.94. The van der Waals surface area contributed by atoms with E-state index in [1.54, 1.807) is 0 Å². The predicted molar refractivity (Wildman–Crippen MR) is 59.4 cm³/mol. The van der Waals surface area contributed by atoms with Crippen molar-refractivity contribution in [2.24, 2.45) is 0 Å². The summed E-state index contributed by atoms with van der Waals surface area (Å²) >= 11 is 0. The van der Waals surface area contributed by atoms with E-state index >= 15 is 0 Å². The highest BCUT2D eigenvalue weighted by Gasteiger charge is 2.49. The molecule has 0 unspecified atom stereocenters. The minimum Gasteiger partial charge on any atom is -0.393 e. The molecule has 0 aliphatic carbocycles. The minimum atomic E-state index is -1.80. The second-order valence-corrected chi connectivity index (χ2v) is 4.34. The quantitative estimate of drug-likeness (QED) is 0.650. The molecule has 9 heteroatoms. The lowest BCUT2D eigenvalue weighted by molar-refractivity contribution is -0.138. The molecule has 106 valence electrons. The summed E-state index contributed by atoms with van der Waals surface area (Å²) in [6.07, 6.45) is -1.84. The zero-order valence-corrected chi connectivity index (χ0v) is 9.79. The molecule has 1 aromatic heterocycles. The lowest BCUT2D eigenvalue weighted by Gasteiger charge is -2.26. The number of ether oxygens (including phenoxy) is 1. The summed E-state index contributed by atoms with van der Waals surface area (Å²) in [6, 6.07) is 0. The van der Waals surface area contributed by atoms with E-state index in [-0.39, 0.29) is 6.42 Å². The van der Waals surface area contributed by atoms with Crippen LogP contribution >= 0.6 is 0 Å². The van der Waals surface area contributed by atoms with Crippen LogP contribution in [0.3, 0.4) is 0 Å². The maximum absolute atomic E-state index is 13.3. The summed E-state index contributed by atoms with van der Waals surface area (Å²) in [5.74, 6) is -1.49. The van der Waals surface area contributed by atoms with Gasteiger partial charge in [-0.2, -0.15) is 4.98 Å². The van der Waals surface area contributed by atoms with Crippen LogP contribution in [0.15, 0.2) is 11.0 Å². The monoisotopic (exact) mass is 277 g/mol. The first-order valence-electron chi connectivity index (χ1n) is 5.50. The summed E-state index contributed by atoms with van der Waals surface area (Å²) in [7, 11) is 0. The highest BCUT2D eigenvalue weighted by Crippen LogP contribution is 2.36. The standard InChI is InChI=1S/C10H13F2N3O4/c11-3-10(4-16)6(17)1-7(19-10)15-2-5(12)8(13)14-9(15)18/h2,6-7,16-17H,1,3-4H2,(H2,13,14,18)/t6-,7+,10+/m0/s1. The Morgan fingerprint density at radius 2 is 2.37 bits per heavy atom. The third-order valence-corrected chi connectivity index (χ3v) is 3.14. The number of nitrogens with zero attached hydrogens (tertiary/aromatic N) is 2. The van der Waals surface area contributed by atoms with E-state index in [0.29, 0.717) is 0 Å². The van der Waals surface area contributed by atoms with Gasteiger partial charge in [0, 0.05) is 6.42 Å². The zero-order chi connectivity index (χ0) is 14.2. The van der Waals surface area contributed by atoms with E-state index in [2.05, 4.69) is 4.98 Å². The highest BCUT2D eigenvalue weighted by molar-refractivity contribution is 5.26. The molecule has 1 aliphatic heterocycles. The summed E-state index contributed by atoms with van der Waals surface area (Å²) < 4.78 is 32.1. The molecule has 3 atom stereocenters. The number of halogens is 2. The van der Waals surface area contributed by atoms with Crippen LogP contribution in [0.4, 0.5) is 14.6 Å². The van der Waals surface area contributed by atoms with Crippen molar-refractivity contribution in [3.05, 3.63) is 22.5 Å². The Hall–Kier alpha value is -1.58. The van der Waals surface area contributed by atoms with Gasteiger partial charge < -0.3 is 20.7 Å². The molecule has 1 saturated heterocycles. The van der Waals surface area contributed by atoms with Gasteiger partial charge in [-0.25, -0.2) is 13.6 Å². The second kappa shape index (κ2) is 4.83. The average Bonchev–Trinajstić information content (AvgIpc) is 2.71. The number of aliphatic hydroxyl groups is 2. The second-order valence-electron chi connectivity index (χ2n) is 4.34. The van der Waals surface area contributed by atoms with Crippen LogP contribution in [-0.2, 0) is 4.74 Å². The topological polar surface area (TPSA) is 111 Å². The molecular weight excluding hydrogens is 264 g/mol. The predicted octanol–water partition coefficient (Wildman–Crippen LogP) is -1.06. The van der Waals surface area contributed by atoms with Gasteiger partial charge in [-0.1, -0.05) is 0 Å². The molecule has 7 nitrogen and oxygen atoms in total. The highest BCUT2D eigenvalue weighted by atomic mass is 19.1. The summed E-state index contributed by atoms with van der Waals surface area (Å²) in [5, 5.41) is 18.8. The number of aromatic nitrogens is 2. The van der Waals surface area contributed by atoms with Gasteiger partial charge in [0.2, 0.25) is 0 Å². The van der Waals surface area contributed by atoms with Gasteiger partial charge in [0.15, 0.2) is 11.6 Å². The van der Waals surface area contributed by atoms with Crippen LogP contribution in [0.5, 0.6) is 0 Å². The van der Waals surface area contributed by atoms with Crippen molar-refractivity contribution in [1.82, 2.24) is 9.55 Å². The molecule has 2 heterocycles. The fraction of sp³-hybridized carbons (Fsp3) is 0.600. The number of nitrogens with two attached hydrogens (primary N) is 1.